The maximum absolute atomic E-state index is 14.7. The number of amides is 3. The van der Waals surface area contributed by atoms with E-state index in [2.05, 4.69) is 36.9 Å². The number of aromatic hydroxyl groups is 1. The Hall–Kier alpha value is -5.38. The van der Waals surface area contributed by atoms with E-state index in [1.807, 2.05) is 33.9 Å². The van der Waals surface area contributed by atoms with E-state index in [1.165, 1.54) is 38.5 Å². The zero-order chi connectivity index (χ0) is 42.6. The van der Waals surface area contributed by atoms with E-state index in [0.717, 1.165) is 7.11 Å². The summed E-state index contributed by atoms with van der Waals surface area (Å²) >= 11 is 3.44. The number of esters is 1. The first kappa shape index (κ1) is 44.3. The van der Waals surface area contributed by atoms with E-state index < -0.39 is 67.8 Å². The van der Waals surface area contributed by atoms with Gasteiger partial charge in [0, 0.05) is 6.07 Å². The zero-order valence-electron chi connectivity index (χ0n) is 33.7. The Morgan fingerprint density at radius 3 is 2.12 bits per heavy atom. The molecule has 0 spiro atoms. The minimum absolute atomic E-state index is 0.0248. The second-order valence-corrected chi connectivity index (χ2v) is 21.3. The van der Waals surface area contributed by atoms with Crippen molar-refractivity contribution in [3.8, 4) is 28.7 Å². The molecular formula is C39H49BrN5O11Si+. The quantitative estimate of drug-likeness (QED) is 0.103. The molecule has 3 amide bonds. The second-order valence-electron chi connectivity index (χ2n) is 15.7. The molecule has 0 aromatic heterocycles. The van der Waals surface area contributed by atoms with Gasteiger partial charge in [0.15, 0.2) is 30.8 Å². The maximum atomic E-state index is 14.7. The summed E-state index contributed by atoms with van der Waals surface area (Å²) < 4.78 is 35.0. The van der Waals surface area contributed by atoms with Gasteiger partial charge in [-0.2, -0.15) is 0 Å². The highest BCUT2D eigenvalue weighted by molar-refractivity contribution is 9.10. The van der Waals surface area contributed by atoms with Gasteiger partial charge in [0.2, 0.25) is 28.7 Å². The largest absolute Gasteiger partial charge is 0.504 e. The first-order chi connectivity index (χ1) is 26.5. The van der Waals surface area contributed by atoms with Crippen molar-refractivity contribution in [1.29, 1.82) is 5.39 Å². The topological polar surface area (TPSA) is 208 Å². The molecule has 0 saturated heterocycles. The Kier molecular flexibility index (Phi) is 13.5. The standard InChI is InChI=1S/C39H48BrN5O11Si/c1-38(2,3)55-37(50)44-30-22-18-25(46)33(52-8)28(19-22)54-27-15-13-21(17-24(27)45-41)32(56-57(10,11)39(4,5)6)31(36(49)53-9)43-34(47)29(42-35(30)48)20-12-14-26(51-7)23(40)16-20/h12-19,29-32H,1-11H3,(H3-,42,43,44,46,47,48,50)/p+1/t29-,30+,31+,32-/m0/s1. The highest BCUT2D eigenvalue weighted by Gasteiger charge is 2.45. The van der Waals surface area contributed by atoms with Crippen LogP contribution >= 0.6 is 15.9 Å². The van der Waals surface area contributed by atoms with Gasteiger partial charge in [0.1, 0.15) is 29.5 Å². The van der Waals surface area contributed by atoms with Crippen LogP contribution in [0.25, 0.3) is 4.98 Å². The molecule has 4 atom stereocenters. The fourth-order valence-electron chi connectivity index (χ4n) is 5.61. The molecule has 0 unspecified atom stereocenters. The molecular weight excluding hydrogens is 822 g/mol. The first-order valence-corrected chi connectivity index (χ1v) is 21.5. The van der Waals surface area contributed by atoms with Crippen molar-refractivity contribution in [1.82, 2.24) is 16.0 Å². The summed E-state index contributed by atoms with van der Waals surface area (Å²) in [6.45, 7) is 14.8. The smallest absolute Gasteiger partial charge is 0.427 e. The molecule has 2 aliphatic heterocycles. The molecule has 2 aliphatic rings. The molecule has 57 heavy (non-hydrogen) atoms. The number of nitrogens with one attached hydrogen (secondary N) is 3. The van der Waals surface area contributed by atoms with Crippen LogP contribution in [0.2, 0.25) is 18.1 Å². The number of hydrogen-bond acceptors (Lipinski definition) is 12. The number of carbonyl (C=O) groups excluding carboxylic acids is 4. The van der Waals surface area contributed by atoms with Crippen LogP contribution in [0.3, 0.4) is 0 Å². The van der Waals surface area contributed by atoms with Crippen LogP contribution in [0.15, 0.2) is 53.0 Å². The number of rotatable bonds is 7. The Labute approximate surface area is 340 Å². The number of benzene rings is 3. The van der Waals surface area contributed by atoms with E-state index in [9.17, 15) is 29.7 Å². The molecule has 18 heteroatoms. The predicted molar refractivity (Wildman–Crippen MR) is 215 cm³/mol. The number of nitrogens with zero attached hydrogens (tertiary/aromatic N) is 2. The van der Waals surface area contributed by atoms with Crippen molar-refractivity contribution < 1.29 is 52.4 Å². The summed E-state index contributed by atoms with van der Waals surface area (Å²) in [6, 6.07) is 6.89. The fraction of sp³-hybridized carbons (Fsp3) is 0.436. The van der Waals surface area contributed by atoms with Gasteiger partial charge in [-0.3, -0.25) is 9.59 Å². The van der Waals surface area contributed by atoms with E-state index in [4.69, 9.17) is 28.1 Å². The number of diazo groups is 1. The van der Waals surface area contributed by atoms with Gasteiger partial charge in [-0.05, 0) is 102 Å². The number of alkyl carbamates (subject to hydrolysis) is 1. The van der Waals surface area contributed by atoms with Gasteiger partial charge in [-0.25, -0.2) is 9.59 Å². The van der Waals surface area contributed by atoms with Crippen LogP contribution in [-0.2, 0) is 28.3 Å². The predicted octanol–water partition coefficient (Wildman–Crippen LogP) is 7.61. The average molecular weight is 872 g/mol. The Bertz CT molecular complexity index is 2080. The summed E-state index contributed by atoms with van der Waals surface area (Å²) in [6.07, 6.45) is -2.23. The minimum atomic E-state index is -2.78. The van der Waals surface area contributed by atoms with E-state index in [1.54, 1.807) is 45.0 Å². The highest BCUT2D eigenvalue weighted by Crippen LogP contribution is 2.46. The normalized spacial score (nSPS) is 18.9. The molecule has 2 heterocycles. The third kappa shape index (κ3) is 10.3. The van der Waals surface area contributed by atoms with Gasteiger partial charge in [-0.15, -0.1) is 0 Å². The molecule has 3 aromatic rings. The average Bonchev–Trinajstić information content (AvgIpc) is 3.12. The van der Waals surface area contributed by atoms with Crippen molar-refractivity contribution in [2.45, 2.75) is 89.5 Å². The molecule has 0 aliphatic carbocycles. The second kappa shape index (κ2) is 17.4. The summed E-state index contributed by atoms with van der Waals surface area (Å²) in [5.41, 5.74) is -0.588. The molecule has 5 rings (SSSR count). The van der Waals surface area contributed by atoms with Crippen LogP contribution in [0, 0.1) is 5.39 Å². The Morgan fingerprint density at radius 1 is 0.895 bits per heavy atom. The molecule has 16 nitrogen and oxygen atoms in total. The SMILES string of the molecule is COC(=O)[C@@H]1NC(=O)[C@H](c2ccc(OC)c(Br)c2)NC(=O)[C@H](NC(=O)OC(C)(C)C)c2cc(O)c(OC)c(c2)Oc2ccc(cc2[N+]#N)[C@@H]1O[Si](C)(C)C(C)(C)C. The van der Waals surface area contributed by atoms with E-state index in [-0.39, 0.29) is 39.1 Å². The number of hydrogen-bond donors (Lipinski definition) is 4. The molecule has 4 bridgehead atoms. The van der Waals surface area contributed by atoms with Crippen LogP contribution in [0.5, 0.6) is 28.7 Å². The lowest BCUT2D eigenvalue weighted by Gasteiger charge is -2.41. The van der Waals surface area contributed by atoms with Gasteiger partial charge < -0.3 is 49.2 Å². The number of phenols is 1. The van der Waals surface area contributed by atoms with Crippen LogP contribution in [0.1, 0.15) is 76.4 Å². The summed E-state index contributed by atoms with van der Waals surface area (Å²) in [5, 5.41) is 29.1. The van der Waals surface area contributed by atoms with Gasteiger partial charge in [0.05, 0.1) is 25.8 Å². The molecule has 306 valence electrons. The Balaban J connectivity index is 2.07. The van der Waals surface area contributed by atoms with E-state index in [0.29, 0.717) is 15.8 Å². The van der Waals surface area contributed by atoms with Gasteiger partial charge >= 0.3 is 17.7 Å². The lowest BCUT2D eigenvalue weighted by molar-refractivity contribution is -0.148. The van der Waals surface area contributed by atoms with Crippen molar-refractivity contribution in [2.24, 2.45) is 0 Å². The van der Waals surface area contributed by atoms with E-state index >= 15 is 0 Å². The summed E-state index contributed by atoms with van der Waals surface area (Å²) in [5.74, 6) is -3.08. The van der Waals surface area contributed by atoms with Crippen molar-refractivity contribution in [2.75, 3.05) is 21.3 Å². The summed E-state index contributed by atoms with van der Waals surface area (Å²) in [4.78, 5) is 59.7. The minimum Gasteiger partial charge on any atom is -0.504 e. The monoisotopic (exact) mass is 870 g/mol. The number of ether oxygens (including phenoxy) is 5. The van der Waals surface area contributed by atoms with Gasteiger partial charge in [-0.1, -0.05) is 32.9 Å². The Morgan fingerprint density at radius 2 is 1.56 bits per heavy atom. The van der Waals surface area contributed by atoms with Crippen LogP contribution < -0.4 is 30.2 Å². The zero-order valence-corrected chi connectivity index (χ0v) is 36.3. The van der Waals surface area contributed by atoms with Crippen LogP contribution in [0.4, 0.5) is 10.5 Å². The molecule has 4 N–H and O–H groups in total. The fourth-order valence-corrected chi connectivity index (χ4v) is 7.43. The lowest BCUT2D eigenvalue weighted by atomic mass is 9.98. The van der Waals surface area contributed by atoms with Crippen molar-refractivity contribution in [3.63, 3.8) is 0 Å². The maximum Gasteiger partial charge on any atom is 0.427 e. The molecule has 3 aromatic carbocycles. The lowest BCUT2D eigenvalue weighted by Crippen LogP contribution is -2.54. The van der Waals surface area contributed by atoms with Crippen molar-refractivity contribution in [3.05, 3.63) is 74.7 Å². The summed E-state index contributed by atoms with van der Waals surface area (Å²) in [7, 11) is 1.12. The number of fused-ring (bicyclic) bond motifs is 9. The molecule has 0 radical (unpaired) electrons. The van der Waals surface area contributed by atoms with Crippen LogP contribution in [-0.4, -0.2) is 70.3 Å². The number of halogens is 1. The number of phenolic OH excluding ortho intramolecular Hbond substituents is 1. The third-order valence-electron chi connectivity index (χ3n) is 9.50. The number of carbonyl (C=O) groups is 4. The highest BCUT2D eigenvalue weighted by atomic mass is 79.9. The molecule has 0 fully saturated rings. The first-order valence-electron chi connectivity index (χ1n) is 17.8. The molecule has 0 saturated carbocycles. The van der Waals surface area contributed by atoms with Crippen molar-refractivity contribution >= 4 is 53.8 Å². The third-order valence-corrected chi connectivity index (χ3v) is 14.6. The number of methoxy groups -OCH3 is 3. The van der Waals surface area contributed by atoms with Gasteiger partial charge in [0.25, 0.3) is 0 Å².